The van der Waals surface area contributed by atoms with Gasteiger partial charge in [0.2, 0.25) is 11.7 Å². The number of nitrogens with zero attached hydrogens (tertiary/aromatic N) is 1. The number of hydrogen-bond acceptors (Lipinski definition) is 9. The Morgan fingerprint density at radius 1 is 1.23 bits per heavy atom. The predicted octanol–water partition coefficient (Wildman–Crippen LogP) is -1.22. The summed E-state index contributed by atoms with van der Waals surface area (Å²) in [6.07, 6.45) is -2.25. The molecule has 31 heavy (non-hydrogen) atoms. The van der Waals surface area contributed by atoms with E-state index in [4.69, 9.17) is 11.5 Å². The third-order valence-corrected chi connectivity index (χ3v) is 6.53. The van der Waals surface area contributed by atoms with Crippen LogP contribution in [0.3, 0.4) is 0 Å². The average Bonchev–Trinajstić information content (AvgIpc) is 2.68. The molecular weight excluding hydrogens is 406 g/mol. The second kappa shape index (κ2) is 6.64. The number of phenols is 2. The zero-order chi connectivity index (χ0) is 23.0. The number of carbonyl (C=O) groups excluding carboxylic acids is 3. The first-order chi connectivity index (χ1) is 14.4. The minimum absolute atomic E-state index is 0.00234. The summed E-state index contributed by atoms with van der Waals surface area (Å²) < 4.78 is 0. The molecular formula is C21H23N3O7. The molecule has 164 valence electrons. The molecule has 0 bridgehead atoms. The molecule has 10 heteroatoms. The van der Waals surface area contributed by atoms with Crippen LogP contribution in [0.15, 0.2) is 18.2 Å². The van der Waals surface area contributed by atoms with Crippen LogP contribution in [0.4, 0.5) is 5.69 Å². The number of phenolic OH excluding ortho intramolecular Hbond substituents is 2. The molecule has 2 aliphatic carbocycles. The fourth-order valence-corrected chi connectivity index (χ4v) is 4.95. The molecule has 2 aromatic carbocycles. The molecule has 1 fully saturated rings. The van der Waals surface area contributed by atoms with E-state index < -0.39 is 52.8 Å². The molecule has 0 aromatic heterocycles. The quantitative estimate of drug-likeness (QED) is 0.318. The lowest BCUT2D eigenvalue weighted by Crippen LogP contribution is -2.73. The van der Waals surface area contributed by atoms with Crippen LogP contribution in [0.2, 0.25) is 0 Å². The van der Waals surface area contributed by atoms with Gasteiger partial charge in [0, 0.05) is 31.1 Å². The minimum atomic E-state index is -2.61. The molecule has 0 heterocycles. The number of fused-ring (bicyclic) bond motifs is 3. The van der Waals surface area contributed by atoms with Gasteiger partial charge in [0.1, 0.15) is 23.5 Å². The summed E-state index contributed by atoms with van der Waals surface area (Å²) in [5.41, 5.74) is 9.24. The molecule has 5 atom stereocenters. The molecule has 2 aromatic rings. The fraction of sp³-hybridized carbons (Fsp3) is 0.381. The highest BCUT2D eigenvalue weighted by Gasteiger charge is 2.64. The summed E-state index contributed by atoms with van der Waals surface area (Å²) >= 11 is 0. The SMILES string of the molecule is CN(C)c1ccc(O)c2c(O)c3c(cc12)C[C@H]1C(N)C(=O)C(C(N)=O)C(O)[C@@]1(O)C3=O. The number of ketones is 2. The highest BCUT2D eigenvalue weighted by atomic mass is 16.4. The van der Waals surface area contributed by atoms with E-state index in [0.29, 0.717) is 16.6 Å². The first kappa shape index (κ1) is 21.0. The monoisotopic (exact) mass is 429 g/mol. The molecule has 0 saturated heterocycles. The van der Waals surface area contributed by atoms with Crippen molar-refractivity contribution in [3.63, 3.8) is 0 Å². The van der Waals surface area contributed by atoms with Gasteiger partial charge in [0.05, 0.1) is 17.0 Å². The topological polar surface area (TPSA) is 187 Å². The fourth-order valence-electron chi connectivity index (χ4n) is 4.95. The summed E-state index contributed by atoms with van der Waals surface area (Å²) in [7, 11) is 3.53. The van der Waals surface area contributed by atoms with Crippen LogP contribution in [0.1, 0.15) is 15.9 Å². The first-order valence-electron chi connectivity index (χ1n) is 9.64. The second-order valence-corrected chi connectivity index (χ2v) is 8.40. The van der Waals surface area contributed by atoms with Crippen LogP contribution in [0.5, 0.6) is 11.5 Å². The zero-order valence-corrected chi connectivity index (χ0v) is 16.9. The Balaban J connectivity index is 2.01. The number of aliphatic hydroxyl groups excluding tert-OH is 1. The number of hydrogen-bond donors (Lipinski definition) is 6. The Labute approximate surface area is 176 Å². The van der Waals surface area contributed by atoms with Gasteiger partial charge < -0.3 is 36.8 Å². The minimum Gasteiger partial charge on any atom is -0.507 e. The average molecular weight is 429 g/mol. The van der Waals surface area contributed by atoms with Crippen LogP contribution in [0, 0.1) is 11.8 Å². The van der Waals surface area contributed by atoms with Crippen molar-refractivity contribution in [2.75, 3.05) is 19.0 Å². The van der Waals surface area contributed by atoms with E-state index in [2.05, 4.69) is 0 Å². The van der Waals surface area contributed by atoms with Crippen molar-refractivity contribution in [3.05, 3.63) is 29.3 Å². The van der Waals surface area contributed by atoms with Gasteiger partial charge in [-0.25, -0.2) is 0 Å². The van der Waals surface area contributed by atoms with Crippen LogP contribution in [0.25, 0.3) is 10.8 Å². The van der Waals surface area contributed by atoms with Gasteiger partial charge in [-0.15, -0.1) is 0 Å². The number of rotatable bonds is 2. The molecule has 2 aliphatic rings. The van der Waals surface area contributed by atoms with Gasteiger partial charge >= 0.3 is 0 Å². The van der Waals surface area contributed by atoms with Crippen molar-refractivity contribution in [1.82, 2.24) is 0 Å². The number of anilines is 1. The van der Waals surface area contributed by atoms with Crippen LogP contribution in [-0.4, -0.2) is 69.7 Å². The van der Waals surface area contributed by atoms with Crippen molar-refractivity contribution in [2.24, 2.45) is 23.3 Å². The van der Waals surface area contributed by atoms with Gasteiger partial charge in [-0.05, 0) is 30.2 Å². The molecule has 3 unspecified atom stereocenters. The van der Waals surface area contributed by atoms with Crippen molar-refractivity contribution in [2.45, 2.75) is 24.2 Å². The molecule has 1 saturated carbocycles. The number of carbonyl (C=O) groups is 3. The molecule has 1 amide bonds. The van der Waals surface area contributed by atoms with Crippen molar-refractivity contribution in [3.8, 4) is 11.5 Å². The summed E-state index contributed by atoms with van der Waals surface area (Å²) in [6.45, 7) is 0. The molecule has 0 radical (unpaired) electrons. The summed E-state index contributed by atoms with van der Waals surface area (Å²) in [5, 5.41) is 43.7. The summed E-state index contributed by atoms with van der Waals surface area (Å²) in [4.78, 5) is 39.5. The van der Waals surface area contributed by atoms with Gasteiger partial charge in [0.25, 0.3) is 0 Å². The van der Waals surface area contributed by atoms with E-state index in [9.17, 15) is 34.8 Å². The molecule has 8 N–H and O–H groups in total. The van der Waals surface area contributed by atoms with E-state index in [1.165, 1.54) is 6.07 Å². The summed E-state index contributed by atoms with van der Waals surface area (Å²) in [5.74, 6) is -7.11. The van der Waals surface area contributed by atoms with E-state index in [1.54, 1.807) is 31.1 Å². The van der Waals surface area contributed by atoms with Crippen molar-refractivity contribution >= 4 is 33.9 Å². The lowest BCUT2D eigenvalue weighted by atomic mass is 9.58. The Kier molecular flexibility index (Phi) is 4.51. The van der Waals surface area contributed by atoms with Crippen LogP contribution >= 0.6 is 0 Å². The number of aromatic hydroxyl groups is 2. The van der Waals surface area contributed by atoms with Gasteiger partial charge in [-0.3, -0.25) is 14.4 Å². The van der Waals surface area contributed by atoms with E-state index >= 15 is 0 Å². The predicted molar refractivity (Wildman–Crippen MR) is 110 cm³/mol. The standard InChI is InChI=1S/C21H23N3O7/c1-24(2)10-3-4-11(25)13-8(10)5-7-6-9-15(22)17(27)14(20(23)30)19(29)21(9,31)18(28)12(7)16(13)26/h3-5,9,14-15,19,25-26,29,31H,6,22H2,1-2H3,(H2,23,30)/t9-,14?,15?,19?,21-/m0/s1. The lowest BCUT2D eigenvalue weighted by molar-refractivity contribution is -0.166. The Morgan fingerprint density at radius 3 is 2.45 bits per heavy atom. The first-order valence-corrected chi connectivity index (χ1v) is 9.64. The third-order valence-electron chi connectivity index (χ3n) is 6.53. The molecule has 0 spiro atoms. The zero-order valence-electron chi connectivity index (χ0n) is 16.9. The Morgan fingerprint density at radius 2 is 1.87 bits per heavy atom. The van der Waals surface area contributed by atoms with Crippen LogP contribution in [-0.2, 0) is 16.0 Å². The summed E-state index contributed by atoms with van der Waals surface area (Å²) in [6, 6.07) is 3.16. The van der Waals surface area contributed by atoms with Crippen molar-refractivity contribution in [1.29, 1.82) is 0 Å². The van der Waals surface area contributed by atoms with E-state index in [0.717, 1.165) is 0 Å². The number of benzene rings is 2. The van der Waals surface area contributed by atoms with Crippen LogP contribution < -0.4 is 16.4 Å². The maximum Gasteiger partial charge on any atom is 0.230 e. The number of nitrogens with two attached hydrogens (primary N) is 2. The largest absolute Gasteiger partial charge is 0.507 e. The number of primary amides is 1. The third kappa shape index (κ3) is 2.59. The normalized spacial score (nSPS) is 30.1. The highest BCUT2D eigenvalue weighted by Crippen LogP contribution is 2.49. The molecule has 4 rings (SSSR count). The van der Waals surface area contributed by atoms with Gasteiger partial charge in [0.15, 0.2) is 11.4 Å². The van der Waals surface area contributed by atoms with Gasteiger partial charge in [-0.2, -0.15) is 0 Å². The maximum absolute atomic E-state index is 13.4. The Bertz CT molecular complexity index is 1160. The Hall–Kier alpha value is -3.21. The lowest BCUT2D eigenvalue weighted by Gasteiger charge is -2.49. The number of Topliss-reactive ketones (excluding diaryl/α,β-unsaturated/α-hetero) is 2. The smallest absolute Gasteiger partial charge is 0.230 e. The number of amides is 1. The van der Waals surface area contributed by atoms with Gasteiger partial charge in [-0.1, -0.05) is 0 Å². The van der Waals surface area contributed by atoms with E-state index in [-0.39, 0.29) is 23.1 Å². The number of aliphatic hydroxyl groups is 2. The van der Waals surface area contributed by atoms with Crippen molar-refractivity contribution < 1.29 is 34.8 Å². The molecule has 0 aliphatic heterocycles. The van der Waals surface area contributed by atoms with E-state index in [1.807, 2.05) is 0 Å². The highest BCUT2D eigenvalue weighted by molar-refractivity contribution is 6.16. The second-order valence-electron chi connectivity index (χ2n) is 8.40. The molecule has 10 nitrogen and oxygen atoms in total. The maximum atomic E-state index is 13.4.